The summed E-state index contributed by atoms with van der Waals surface area (Å²) in [6, 6.07) is 16.0. The van der Waals surface area contributed by atoms with E-state index >= 15 is 0 Å². The summed E-state index contributed by atoms with van der Waals surface area (Å²) in [6.45, 7) is 3.54. The van der Waals surface area contributed by atoms with Gasteiger partial charge in [-0.1, -0.05) is 48.6 Å². The molecule has 1 aromatic heterocycles. The third kappa shape index (κ3) is 4.93. The molecule has 0 aliphatic rings. The standard InChI is InChI=1S/C22H23N3O/c1-18-8-10-21(16-20(18)11-9-19-6-3-2-4-7-19)22(26)24-12-5-14-25-15-13-23-17-25/h2-4,6-11,13,15-17H,5,12,14H2,1H3,(H,24,26)/b11-9+. The first kappa shape index (κ1) is 17.7. The highest BCUT2D eigenvalue weighted by Crippen LogP contribution is 2.15. The molecular weight excluding hydrogens is 322 g/mol. The van der Waals surface area contributed by atoms with Crippen LogP contribution in [0.1, 0.15) is 33.5 Å². The summed E-state index contributed by atoms with van der Waals surface area (Å²) in [7, 11) is 0. The van der Waals surface area contributed by atoms with Gasteiger partial charge in [0.1, 0.15) is 0 Å². The Morgan fingerprint density at radius 1 is 1.15 bits per heavy atom. The lowest BCUT2D eigenvalue weighted by atomic mass is 10.0. The number of benzene rings is 2. The number of hydrogen-bond donors (Lipinski definition) is 1. The smallest absolute Gasteiger partial charge is 0.251 e. The molecule has 26 heavy (non-hydrogen) atoms. The molecule has 0 atom stereocenters. The van der Waals surface area contributed by atoms with Crippen molar-refractivity contribution in [2.75, 3.05) is 6.54 Å². The zero-order valence-corrected chi connectivity index (χ0v) is 14.9. The molecule has 132 valence electrons. The first-order valence-electron chi connectivity index (χ1n) is 8.80. The SMILES string of the molecule is Cc1ccc(C(=O)NCCCn2ccnc2)cc1/C=C/c1ccccc1. The van der Waals surface area contributed by atoms with Gasteiger partial charge in [-0.3, -0.25) is 4.79 Å². The largest absolute Gasteiger partial charge is 0.352 e. The molecule has 1 N–H and O–H groups in total. The minimum atomic E-state index is -0.0370. The number of carbonyl (C=O) groups excluding carboxylic acids is 1. The fraction of sp³-hybridized carbons (Fsp3) is 0.182. The number of nitrogens with zero attached hydrogens (tertiary/aromatic N) is 2. The van der Waals surface area contributed by atoms with Crippen LogP contribution in [-0.4, -0.2) is 22.0 Å². The van der Waals surface area contributed by atoms with Gasteiger partial charge in [-0.25, -0.2) is 4.98 Å². The summed E-state index contributed by atoms with van der Waals surface area (Å²) in [5.74, 6) is -0.0370. The second kappa shape index (κ2) is 8.81. The Hall–Kier alpha value is -3.14. The number of aryl methyl sites for hydroxylation is 2. The minimum Gasteiger partial charge on any atom is -0.352 e. The van der Waals surface area contributed by atoms with Gasteiger partial charge in [-0.2, -0.15) is 0 Å². The predicted octanol–water partition coefficient (Wildman–Crippen LogP) is 4.18. The van der Waals surface area contributed by atoms with Gasteiger partial charge in [0.2, 0.25) is 0 Å². The van der Waals surface area contributed by atoms with Crippen molar-refractivity contribution in [3.8, 4) is 0 Å². The van der Waals surface area contributed by atoms with Crippen LogP contribution in [0.25, 0.3) is 12.2 Å². The predicted molar refractivity (Wildman–Crippen MR) is 106 cm³/mol. The van der Waals surface area contributed by atoms with Gasteiger partial charge < -0.3 is 9.88 Å². The molecule has 0 radical (unpaired) electrons. The number of imidazole rings is 1. The molecule has 4 heteroatoms. The van der Waals surface area contributed by atoms with Gasteiger partial charge in [0.05, 0.1) is 6.33 Å². The molecule has 1 heterocycles. The van der Waals surface area contributed by atoms with Crippen LogP contribution in [0.3, 0.4) is 0 Å². The van der Waals surface area contributed by atoms with Crippen LogP contribution in [0.4, 0.5) is 0 Å². The lowest BCUT2D eigenvalue weighted by Gasteiger charge is -2.08. The van der Waals surface area contributed by atoms with Crippen LogP contribution in [0.5, 0.6) is 0 Å². The third-order valence-corrected chi connectivity index (χ3v) is 4.23. The van der Waals surface area contributed by atoms with Crippen molar-refractivity contribution in [1.29, 1.82) is 0 Å². The molecule has 0 bridgehead atoms. The molecule has 1 amide bonds. The molecule has 0 unspecified atom stereocenters. The van der Waals surface area contributed by atoms with Gasteiger partial charge >= 0.3 is 0 Å². The van der Waals surface area contributed by atoms with E-state index in [0.717, 1.165) is 29.7 Å². The van der Waals surface area contributed by atoms with E-state index in [-0.39, 0.29) is 5.91 Å². The van der Waals surface area contributed by atoms with Crippen LogP contribution < -0.4 is 5.32 Å². The third-order valence-electron chi connectivity index (χ3n) is 4.23. The van der Waals surface area contributed by atoms with Crippen LogP contribution in [0.2, 0.25) is 0 Å². The van der Waals surface area contributed by atoms with E-state index in [9.17, 15) is 4.79 Å². The zero-order chi connectivity index (χ0) is 18.2. The van der Waals surface area contributed by atoms with Gasteiger partial charge in [0.25, 0.3) is 5.91 Å². The molecule has 0 saturated carbocycles. The molecular formula is C22H23N3O. The van der Waals surface area contributed by atoms with E-state index < -0.39 is 0 Å². The van der Waals surface area contributed by atoms with Gasteiger partial charge in [0, 0.05) is 31.0 Å². The number of rotatable bonds is 7. The maximum atomic E-state index is 12.4. The molecule has 0 fully saturated rings. The Morgan fingerprint density at radius 2 is 2.00 bits per heavy atom. The fourth-order valence-corrected chi connectivity index (χ4v) is 2.70. The van der Waals surface area contributed by atoms with Crippen LogP contribution in [0, 0.1) is 6.92 Å². The Kier molecular flexibility index (Phi) is 5.99. The minimum absolute atomic E-state index is 0.0370. The Bertz CT molecular complexity index is 868. The Morgan fingerprint density at radius 3 is 2.77 bits per heavy atom. The average molecular weight is 345 g/mol. The lowest BCUT2D eigenvalue weighted by Crippen LogP contribution is -2.25. The van der Waals surface area contributed by atoms with E-state index in [0.29, 0.717) is 12.1 Å². The van der Waals surface area contributed by atoms with Crippen molar-refractivity contribution in [3.05, 3.63) is 89.5 Å². The molecule has 2 aromatic carbocycles. The molecule has 0 spiro atoms. The molecule has 3 rings (SSSR count). The van der Waals surface area contributed by atoms with Gasteiger partial charge in [-0.15, -0.1) is 0 Å². The van der Waals surface area contributed by atoms with E-state index in [1.807, 2.05) is 47.2 Å². The van der Waals surface area contributed by atoms with E-state index in [1.54, 1.807) is 12.5 Å². The Labute approximate surface area is 154 Å². The summed E-state index contributed by atoms with van der Waals surface area (Å²) in [4.78, 5) is 16.4. The van der Waals surface area contributed by atoms with E-state index in [4.69, 9.17) is 0 Å². The van der Waals surface area contributed by atoms with Crippen molar-refractivity contribution in [3.63, 3.8) is 0 Å². The Balaban J connectivity index is 1.59. The van der Waals surface area contributed by atoms with Crippen molar-refractivity contribution in [2.45, 2.75) is 19.9 Å². The molecule has 0 aliphatic heterocycles. The second-order valence-electron chi connectivity index (χ2n) is 6.23. The van der Waals surface area contributed by atoms with Crippen molar-refractivity contribution in [1.82, 2.24) is 14.9 Å². The quantitative estimate of drug-likeness (QED) is 0.516. The van der Waals surface area contributed by atoms with Crippen LogP contribution in [-0.2, 0) is 6.54 Å². The topological polar surface area (TPSA) is 46.9 Å². The summed E-state index contributed by atoms with van der Waals surface area (Å²) >= 11 is 0. The van der Waals surface area contributed by atoms with Crippen LogP contribution >= 0.6 is 0 Å². The molecule has 0 saturated heterocycles. The number of carbonyl (C=O) groups is 1. The lowest BCUT2D eigenvalue weighted by molar-refractivity contribution is 0.0952. The van der Waals surface area contributed by atoms with Crippen molar-refractivity contribution >= 4 is 18.1 Å². The highest BCUT2D eigenvalue weighted by molar-refractivity contribution is 5.95. The van der Waals surface area contributed by atoms with Gasteiger partial charge in [-0.05, 0) is 42.2 Å². The maximum absolute atomic E-state index is 12.4. The number of nitrogens with one attached hydrogen (secondary N) is 1. The first-order chi connectivity index (χ1) is 12.7. The summed E-state index contributed by atoms with van der Waals surface area (Å²) in [5, 5.41) is 2.99. The first-order valence-corrected chi connectivity index (χ1v) is 8.80. The second-order valence-corrected chi connectivity index (χ2v) is 6.23. The highest BCUT2D eigenvalue weighted by Gasteiger charge is 2.06. The van der Waals surface area contributed by atoms with Crippen LogP contribution in [0.15, 0.2) is 67.3 Å². The van der Waals surface area contributed by atoms with Crippen molar-refractivity contribution in [2.24, 2.45) is 0 Å². The maximum Gasteiger partial charge on any atom is 0.251 e. The monoisotopic (exact) mass is 345 g/mol. The van der Waals surface area contributed by atoms with Crippen molar-refractivity contribution < 1.29 is 4.79 Å². The normalized spacial score (nSPS) is 11.0. The summed E-state index contributed by atoms with van der Waals surface area (Å²) in [5.41, 5.74) is 4.03. The van der Waals surface area contributed by atoms with Gasteiger partial charge in [0.15, 0.2) is 0 Å². The molecule has 0 aliphatic carbocycles. The summed E-state index contributed by atoms with van der Waals surface area (Å²) in [6.07, 6.45) is 10.5. The molecule has 4 nitrogen and oxygen atoms in total. The highest BCUT2D eigenvalue weighted by atomic mass is 16.1. The number of aromatic nitrogens is 2. The molecule has 3 aromatic rings. The van der Waals surface area contributed by atoms with E-state index in [1.165, 1.54) is 0 Å². The number of hydrogen-bond acceptors (Lipinski definition) is 2. The number of amides is 1. The van der Waals surface area contributed by atoms with E-state index in [2.05, 4.69) is 41.5 Å². The fourth-order valence-electron chi connectivity index (χ4n) is 2.70. The summed E-state index contributed by atoms with van der Waals surface area (Å²) < 4.78 is 2.00. The zero-order valence-electron chi connectivity index (χ0n) is 14.9. The average Bonchev–Trinajstić information content (AvgIpc) is 3.19.